The summed E-state index contributed by atoms with van der Waals surface area (Å²) in [4.78, 5) is 15.7. The molecule has 0 aliphatic carbocycles. The van der Waals surface area contributed by atoms with Crippen LogP contribution in [0.4, 0.5) is 15.8 Å². The number of anilines is 2. The highest BCUT2D eigenvalue weighted by Crippen LogP contribution is 2.39. The summed E-state index contributed by atoms with van der Waals surface area (Å²) >= 11 is 1.68. The first-order valence-corrected chi connectivity index (χ1v) is 11.1. The van der Waals surface area contributed by atoms with Gasteiger partial charge in [0.05, 0.1) is 25.0 Å². The predicted molar refractivity (Wildman–Crippen MR) is 121 cm³/mol. The lowest BCUT2D eigenvalue weighted by Gasteiger charge is -2.32. The van der Waals surface area contributed by atoms with E-state index in [1.165, 1.54) is 11.0 Å². The molecule has 0 unspecified atom stereocenters. The highest BCUT2D eigenvalue weighted by molar-refractivity contribution is 7.98. The van der Waals surface area contributed by atoms with E-state index in [1.54, 1.807) is 49.2 Å². The lowest BCUT2D eigenvalue weighted by molar-refractivity contribution is 0.0950. The Hall–Kier alpha value is -3.19. The van der Waals surface area contributed by atoms with E-state index in [0.717, 1.165) is 5.56 Å². The third-order valence-corrected chi connectivity index (χ3v) is 5.89. The van der Waals surface area contributed by atoms with Crippen molar-refractivity contribution >= 4 is 29.0 Å². The van der Waals surface area contributed by atoms with Crippen LogP contribution in [0.25, 0.3) is 0 Å². The first-order chi connectivity index (χ1) is 15.1. The number of nitrogens with zero attached hydrogens (tertiary/aromatic N) is 1. The van der Waals surface area contributed by atoms with Gasteiger partial charge in [0.25, 0.3) is 5.91 Å². The van der Waals surface area contributed by atoms with E-state index in [1.807, 2.05) is 35.4 Å². The molecule has 0 aromatic heterocycles. The van der Waals surface area contributed by atoms with Gasteiger partial charge < -0.3 is 19.7 Å². The zero-order valence-corrected chi connectivity index (χ0v) is 18.2. The van der Waals surface area contributed by atoms with Crippen molar-refractivity contribution in [1.82, 2.24) is 5.32 Å². The molecule has 1 N–H and O–H groups in total. The van der Waals surface area contributed by atoms with Crippen LogP contribution in [0.3, 0.4) is 0 Å². The number of hydrogen-bond acceptors (Lipinski definition) is 5. The smallest absolute Gasteiger partial charge is 0.251 e. The molecule has 1 amide bonds. The maximum Gasteiger partial charge on any atom is 0.251 e. The van der Waals surface area contributed by atoms with E-state index in [4.69, 9.17) is 9.47 Å². The van der Waals surface area contributed by atoms with Gasteiger partial charge in [-0.15, -0.1) is 11.8 Å². The number of thioether (sulfide) groups is 1. The second-order valence-corrected chi connectivity index (χ2v) is 7.91. The monoisotopic (exact) mass is 438 g/mol. The fourth-order valence-electron chi connectivity index (χ4n) is 3.47. The molecule has 31 heavy (non-hydrogen) atoms. The number of benzene rings is 3. The molecule has 3 aromatic rings. The first-order valence-electron chi connectivity index (χ1n) is 9.88. The lowest BCUT2D eigenvalue weighted by atomic mass is 10.1. The number of fused-ring (bicyclic) bond motifs is 1. The van der Waals surface area contributed by atoms with Crippen LogP contribution in [0, 0.1) is 5.82 Å². The number of carbonyl (C=O) groups excluding carboxylic acids is 1. The Bertz CT molecular complexity index is 1090. The zero-order valence-electron chi connectivity index (χ0n) is 17.4. The van der Waals surface area contributed by atoms with Crippen molar-refractivity contribution in [2.45, 2.75) is 11.4 Å². The Morgan fingerprint density at radius 1 is 1.13 bits per heavy atom. The second kappa shape index (κ2) is 9.31. The van der Waals surface area contributed by atoms with Crippen molar-refractivity contribution in [2.24, 2.45) is 0 Å². The van der Waals surface area contributed by atoms with E-state index in [0.29, 0.717) is 48.1 Å². The topological polar surface area (TPSA) is 50.8 Å². The summed E-state index contributed by atoms with van der Waals surface area (Å²) in [6, 6.07) is 17.9. The van der Waals surface area contributed by atoms with Gasteiger partial charge in [0.1, 0.15) is 23.9 Å². The van der Waals surface area contributed by atoms with E-state index in [2.05, 4.69) is 5.32 Å². The van der Waals surface area contributed by atoms with Gasteiger partial charge in [0.15, 0.2) is 0 Å². The Morgan fingerprint density at radius 3 is 2.68 bits per heavy atom. The fourth-order valence-corrected chi connectivity index (χ4v) is 3.87. The minimum Gasteiger partial charge on any atom is -0.497 e. The van der Waals surface area contributed by atoms with Crippen LogP contribution in [0.2, 0.25) is 0 Å². The molecular formula is C24H23FN2O3S. The summed E-state index contributed by atoms with van der Waals surface area (Å²) in [5.41, 5.74) is 2.64. The Kier molecular flexibility index (Phi) is 6.32. The number of ether oxygens (including phenoxy) is 2. The minimum atomic E-state index is -0.344. The van der Waals surface area contributed by atoms with Crippen LogP contribution in [0.1, 0.15) is 15.9 Å². The number of halogens is 1. The third-order valence-electron chi connectivity index (χ3n) is 5.14. The molecule has 1 aliphatic heterocycles. The highest BCUT2D eigenvalue weighted by Gasteiger charge is 2.23. The lowest BCUT2D eigenvalue weighted by Crippen LogP contribution is -2.30. The Balaban J connectivity index is 1.52. The van der Waals surface area contributed by atoms with Gasteiger partial charge in [-0.05, 0) is 54.3 Å². The normalized spacial score (nSPS) is 12.7. The Morgan fingerprint density at radius 2 is 1.94 bits per heavy atom. The predicted octanol–water partition coefficient (Wildman–Crippen LogP) is 5.02. The molecule has 5 nitrogen and oxygen atoms in total. The van der Waals surface area contributed by atoms with Crippen LogP contribution >= 0.6 is 11.8 Å². The van der Waals surface area contributed by atoms with Crippen LogP contribution in [-0.4, -0.2) is 32.4 Å². The number of carbonyl (C=O) groups is 1. The molecule has 0 radical (unpaired) electrons. The van der Waals surface area contributed by atoms with E-state index in [9.17, 15) is 9.18 Å². The number of methoxy groups -OCH3 is 1. The fraction of sp³-hybridized carbons (Fsp3) is 0.208. The average Bonchev–Trinajstić information content (AvgIpc) is 2.82. The Labute approximate surface area is 185 Å². The van der Waals surface area contributed by atoms with Gasteiger partial charge in [-0.25, -0.2) is 4.39 Å². The van der Waals surface area contributed by atoms with Crippen molar-refractivity contribution in [3.05, 3.63) is 77.6 Å². The minimum absolute atomic E-state index is 0.190. The van der Waals surface area contributed by atoms with Gasteiger partial charge in [0.2, 0.25) is 0 Å². The van der Waals surface area contributed by atoms with Crippen LogP contribution in [0.5, 0.6) is 11.5 Å². The summed E-state index contributed by atoms with van der Waals surface area (Å²) in [5.74, 6) is 0.587. The number of nitrogens with one attached hydrogen (secondary N) is 1. The molecular weight excluding hydrogens is 415 g/mol. The molecule has 1 heterocycles. The summed E-state index contributed by atoms with van der Waals surface area (Å²) in [5, 5.41) is 2.94. The number of rotatable bonds is 6. The number of hydrogen-bond donors (Lipinski definition) is 1. The zero-order chi connectivity index (χ0) is 21.8. The summed E-state index contributed by atoms with van der Waals surface area (Å²) in [6.07, 6.45) is 2.03. The molecule has 0 saturated carbocycles. The third kappa shape index (κ3) is 4.61. The largest absolute Gasteiger partial charge is 0.497 e. The van der Waals surface area contributed by atoms with Gasteiger partial charge >= 0.3 is 0 Å². The molecule has 0 atom stereocenters. The van der Waals surface area contributed by atoms with Crippen molar-refractivity contribution in [3.63, 3.8) is 0 Å². The SMILES string of the molecule is COc1ccc(F)c(N2CCOc3cc(C(=O)NCc4ccc(SC)cc4)ccc32)c1. The maximum atomic E-state index is 14.5. The van der Waals surface area contributed by atoms with Crippen LogP contribution in [0.15, 0.2) is 65.6 Å². The van der Waals surface area contributed by atoms with Crippen molar-refractivity contribution in [2.75, 3.05) is 31.4 Å². The second-order valence-electron chi connectivity index (χ2n) is 7.03. The molecule has 160 valence electrons. The number of amides is 1. The summed E-state index contributed by atoms with van der Waals surface area (Å²) in [7, 11) is 1.55. The van der Waals surface area contributed by atoms with E-state index < -0.39 is 0 Å². The standard InChI is InChI=1S/C24H23FN2O3S/c1-29-18-6-9-20(25)22(14-18)27-11-12-30-23-13-17(5-10-21(23)27)24(28)26-15-16-3-7-19(31-2)8-4-16/h3-10,13-14H,11-12,15H2,1-2H3,(H,26,28). The maximum absolute atomic E-state index is 14.5. The molecule has 4 rings (SSSR count). The molecule has 0 saturated heterocycles. The van der Waals surface area contributed by atoms with Gasteiger partial charge in [-0.3, -0.25) is 4.79 Å². The molecule has 0 spiro atoms. The van der Waals surface area contributed by atoms with Gasteiger partial charge in [0, 0.05) is 23.1 Å². The van der Waals surface area contributed by atoms with Crippen molar-refractivity contribution in [3.8, 4) is 11.5 Å². The molecule has 0 bridgehead atoms. The van der Waals surface area contributed by atoms with E-state index in [-0.39, 0.29) is 11.7 Å². The van der Waals surface area contributed by atoms with E-state index >= 15 is 0 Å². The summed E-state index contributed by atoms with van der Waals surface area (Å²) < 4.78 is 25.5. The molecule has 1 aliphatic rings. The van der Waals surface area contributed by atoms with Crippen molar-refractivity contribution < 1.29 is 18.7 Å². The highest BCUT2D eigenvalue weighted by atomic mass is 32.2. The van der Waals surface area contributed by atoms with Crippen LogP contribution < -0.4 is 19.7 Å². The molecule has 7 heteroatoms. The average molecular weight is 439 g/mol. The summed E-state index contributed by atoms with van der Waals surface area (Å²) in [6.45, 7) is 1.32. The first kappa shape index (κ1) is 21.1. The quantitative estimate of drug-likeness (QED) is 0.548. The van der Waals surface area contributed by atoms with Gasteiger partial charge in [-0.1, -0.05) is 12.1 Å². The molecule has 0 fully saturated rings. The van der Waals surface area contributed by atoms with Gasteiger partial charge in [-0.2, -0.15) is 0 Å². The molecule has 3 aromatic carbocycles. The van der Waals surface area contributed by atoms with Crippen molar-refractivity contribution in [1.29, 1.82) is 0 Å². The van der Waals surface area contributed by atoms with Crippen LogP contribution in [-0.2, 0) is 6.54 Å².